The van der Waals surface area contributed by atoms with Crippen molar-refractivity contribution in [3.63, 3.8) is 0 Å². The van der Waals surface area contributed by atoms with Gasteiger partial charge in [0, 0.05) is 12.3 Å². The molecule has 0 saturated heterocycles. The van der Waals surface area contributed by atoms with E-state index in [1.807, 2.05) is 13.8 Å². The molecule has 26 heavy (non-hydrogen) atoms. The van der Waals surface area contributed by atoms with Crippen LogP contribution < -0.4 is 5.32 Å². The number of hydrogen-bond donors (Lipinski definition) is 1. The molecule has 1 amide bonds. The molecule has 136 valence electrons. The molecule has 2 heterocycles. The molecule has 0 saturated carbocycles. The van der Waals surface area contributed by atoms with E-state index in [-0.39, 0.29) is 11.7 Å². The maximum absolute atomic E-state index is 13.0. The van der Waals surface area contributed by atoms with Crippen LogP contribution >= 0.6 is 15.9 Å². The zero-order chi connectivity index (χ0) is 18.8. The molecule has 0 aliphatic heterocycles. The minimum atomic E-state index is -0.470. The van der Waals surface area contributed by atoms with Gasteiger partial charge >= 0.3 is 0 Å². The quantitative estimate of drug-likeness (QED) is 0.682. The predicted octanol–water partition coefficient (Wildman–Crippen LogP) is 3.85. The third-order valence-corrected chi connectivity index (χ3v) is 5.28. The summed E-state index contributed by atoms with van der Waals surface area (Å²) >= 11 is 3.47. The maximum Gasteiger partial charge on any atom is 0.250 e. The van der Waals surface area contributed by atoms with E-state index in [0.29, 0.717) is 12.4 Å². The lowest BCUT2D eigenvalue weighted by molar-refractivity contribution is -0.119. The van der Waals surface area contributed by atoms with Crippen LogP contribution in [0.1, 0.15) is 29.9 Å². The number of carbonyl (C=O) groups excluding carboxylic acids is 1. The lowest BCUT2D eigenvalue weighted by Crippen LogP contribution is -2.25. The third kappa shape index (κ3) is 3.85. The molecule has 2 aromatic heterocycles. The van der Waals surface area contributed by atoms with Crippen LogP contribution in [0.4, 0.5) is 10.2 Å². The van der Waals surface area contributed by atoms with Gasteiger partial charge in [0.25, 0.3) is 0 Å². The van der Waals surface area contributed by atoms with Crippen molar-refractivity contribution < 1.29 is 9.18 Å². The van der Waals surface area contributed by atoms with Crippen molar-refractivity contribution >= 4 is 27.7 Å². The number of nitrogens with zero attached hydrogens (tertiary/aromatic N) is 4. The fourth-order valence-electron chi connectivity index (χ4n) is 2.65. The fourth-order valence-corrected chi connectivity index (χ4v) is 2.92. The molecule has 3 aromatic rings. The van der Waals surface area contributed by atoms with E-state index in [9.17, 15) is 9.18 Å². The molecule has 6 nitrogen and oxygen atoms in total. The Kier molecular flexibility index (Phi) is 5.22. The van der Waals surface area contributed by atoms with Gasteiger partial charge in [-0.2, -0.15) is 10.2 Å². The minimum Gasteiger partial charge on any atom is -0.307 e. The van der Waals surface area contributed by atoms with Crippen molar-refractivity contribution in [2.75, 3.05) is 5.32 Å². The second-order valence-electron chi connectivity index (χ2n) is 6.12. The van der Waals surface area contributed by atoms with Crippen molar-refractivity contribution in [2.45, 2.75) is 33.4 Å². The molecule has 0 bridgehead atoms. The molecule has 0 aliphatic rings. The summed E-state index contributed by atoms with van der Waals surface area (Å²) in [5, 5.41) is 11.5. The summed E-state index contributed by atoms with van der Waals surface area (Å²) in [5.74, 6) is -0.00775. The van der Waals surface area contributed by atoms with Gasteiger partial charge in [-0.25, -0.2) is 4.39 Å². The highest BCUT2D eigenvalue weighted by atomic mass is 79.9. The Labute approximate surface area is 159 Å². The Morgan fingerprint density at radius 1 is 1.23 bits per heavy atom. The number of hydrogen-bond acceptors (Lipinski definition) is 3. The smallest absolute Gasteiger partial charge is 0.250 e. The van der Waals surface area contributed by atoms with Crippen LogP contribution in [0.25, 0.3) is 0 Å². The largest absolute Gasteiger partial charge is 0.307 e. The summed E-state index contributed by atoms with van der Waals surface area (Å²) in [5.41, 5.74) is 2.66. The molecule has 1 N–H and O–H groups in total. The summed E-state index contributed by atoms with van der Waals surface area (Å²) in [6, 6.07) is 7.49. The van der Waals surface area contributed by atoms with Gasteiger partial charge < -0.3 is 5.32 Å². The average Bonchev–Trinajstić information content (AvgIpc) is 3.15. The number of carbonyl (C=O) groups is 1. The summed E-state index contributed by atoms with van der Waals surface area (Å²) in [4.78, 5) is 12.5. The molecule has 1 unspecified atom stereocenters. The molecule has 8 heteroatoms. The highest BCUT2D eigenvalue weighted by Gasteiger charge is 2.21. The van der Waals surface area contributed by atoms with Crippen LogP contribution in [0.3, 0.4) is 0 Å². The van der Waals surface area contributed by atoms with E-state index in [1.165, 1.54) is 12.1 Å². The second-order valence-corrected chi connectivity index (χ2v) is 6.91. The van der Waals surface area contributed by atoms with Gasteiger partial charge in [-0.1, -0.05) is 12.1 Å². The molecule has 0 radical (unpaired) electrons. The number of aromatic nitrogens is 4. The van der Waals surface area contributed by atoms with Crippen LogP contribution in [0.2, 0.25) is 0 Å². The van der Waals surface area contributed by atoms with Crippen LogP contribution in [-0.4, -0.2) is 25.5 Å². The molecule has 1 atom stereocenters. The molecular weight excluding hydrogens is 401 g/mol. The van der Waals surface area contributed by atoms with E-state index in [2.05, 4.69) is 31.4 Å². The molecular formula is C18H19BrFN5O. The maximum atomic E-state index is 13.0. The van der Waals surface area contributed by atoms with Crippen molar-refractivity contribution in [2.24, 2.45) is 0 Å². The number of nitrogens with one attached hydrogen (secondary N) is 1. The predicted molar refractivity (Wildman–Crippen MR) is 100 cm³/mol. The highest BCUT2D eigenvalue weighted by molar-refractivity contribution is 9.10. The van der Waals surface area contributed by atoms with Crippen LogP contribution in [0.15, 0.2) is 41.0 Å². The van der Waals surface area contributed by atoms with E-state index >= 15 is 0 Å². The van der Waals surface area contributed by atoms with Crippen molar-refractivity contribution in [3.8, 4) is 0 Å². The monoisotopic (exact) mass is 419 g/mol. The Morgan fingerprint density at radius 2 is 1.92 bits per heavy atom. The van der Waals surface area contributed by atoms with E-state index in [1.54, 1.807) is 40.7 Å². The Bertz CT molecular complexity index is 932. The summed E-state index contributed by atoms with van der Waals surface area (Å²) in [6.45, 7) is 6.08. The lowest BCUT2D eigenvalue weighted by atomic mass is 10.2. The molecule has 0 aliphatic carbocycles. The molecule has 1 aromatic carbocycles. The normalized spacial score (nSPS) is 12.2. The fraction of sp³-hybridized carbons (Fsp3) is 0.278. The molecule has 0 fully saturated rings. The molecule has 3 rings (SSSR count). The van der Waals surface area contributed by atoms with Crippen LogP contribution in [-0.2, 0) is 11.3 Å². The summed E-state index contributed by atoms with van der Waals surface area (Å²) in [7, 11) is 0. The first kappa shape index (κ1) is 18.3. The van der Waals surface area contributed by atoms with Crippen LogP contribution in [0.5, 0.6) is 0 Å². The highest BCUT2D eigenvalue weighted by Crippen LogP contribution is 2.23. The zero-order valence-electron chi connectivity index (χ0n) is 14.7. The van der Waals surface area contributed by atoms with E-state index < -0.39 is 6.04 Å². The standard InChI is InChI=1S/C18H19BrFN5O/c1-11-17(19)12(2)25(22-11)13(3)18(26)21-16-8-9-24(23-16)10-14-4-6-15(20)7-5-14/h4-9,13H,10H2,1-3H3,(H,21,23,26). The van der Waals surface area contributed by atoms with Gasteiger partial charge in [0.1, 0.15) is 11.9 Å². The SMILES string of the molecule is Cc1nn(C(C)C(=O)Nc2ccn(Cc3ccc(F)cc3)n2)c(C)c1Br. The van der Waals surface area contributed by atoms with E-state index in [0.717, 1.165) is 21.4 Å². The minimum absolute atomic E-state index is 0.199. The zero-order valence-corrected chi connectivity index (χ0v) is 16.3. The lowest BCUT2D eigenvalue weighted by Gasteiger charge is -2.13. The Balaban J connectivity index is 1.67. The van der Waals surface area contributed by atoms with Crippen molar-refractivity contribution in [1.82, 2.24) is 19.6 Å². The third-order valence-electron chi connectivity index (χ3n) is 4.13. The second kappa shape index (κ2) is 7.41. The van der Waals surface area contributed by atoms with Crippen LogP contribution in [0, 0.1) is 19.7 Å². The first-order valence-electron chi connectivity index (χ1n) is 8.15. The average molecular weight is 420 g/mol. The number of halogens is 2. The van der Waals surface area contributed by atoms with Gasteiger partial charge in [0.2, 0.25) is 5.91 Å². The van der Waals surface area contributed by atoms with Gasteiger partial charge in [-0.15, -0.1) is 0 Å². The topological polar surface area (TPSA) is 64.7 Å². The van der Waals surface area contributed by atoms with Gasteiger partial charge in [0.05, 0.1) is 22.4 Å². The number of benzene rings is 1. The first-order chi connectivity index (χ1) is 12.3. The van der Waals surface area contributed by atoms with Crippen molar-refractivity contribution in [1.29, 1.82) is 0 Å². The number of amides is 1. The Morgan fingerprint density at radius 3 is 2.54 bits per heavy atom. The summed E-state index contributed by atoms with van der Waals surface area (Å²) < 4.78 is 17.2. The number of aryl methyl sites for hydroxylation is 1. The van der Waals surface area contributed by atoms with E-state index in [4.69, 9.17) is 0 Å². The van der Waals surface area contributed by atoms with Gasteiger partial charge in [-0.3, -0.25) is 14.2 Å². The van der Waals surface area contributed by atoms with Gasteiger partial charge in [0.15, 0.2) is 5.82 Å². The van der Waals surface area contributed by atoms with Gasteiger partial charge in [-0.05, 0) is 54.4 Å². The first-order valence-corrected chi connectivity index (χ1v) is 8.94. The summed E-state index contributed by atoms with van der Waals surface area (Å²) in [6.07, 6.45) is 1.77. The van der Waals surface area contributed by atoms with Crippen molar-refractivity contribution in [3.05, 3.63) is 63.8 Å². The Hall–Kier alpha value is -2.48. The number of anilines is 1. The number of rotatable bonds is 5. The molecule has 0 spiro atoms.